The highest BCUT2D eigenvalue weighted by atomic mass is 35.5. The number of nitrogens with zero attached hydrogens (tertiary/aromatic N) is 1. The summed E-state index contributed by atoms with van der Waals surface area (Å²) in [5.41, 5.74) is 4.36. The molecule has 5 nitrogen and oxygen atoms in total. The SMILES string of the molecule is O=C(CC1CN(c2ccccc2)NC1=O)Nc1ccc(Cl)cc1. The van der Waals surface area contributed by atoms with E-state index in [1.165, 1.54) is 0 Å². The number of carbonyl (C=O) groups excluding carboxylic acids is 2. The van der Waals surface area contributed by atoms with Gasteiger partial charge < -0.3 is 5.32 Å². The molecule has 0 saturated carbocycles. The highest BCUT2D eigenvalue weighted by Gasteiger charge is 2.32. The number of halogens is 1. The molecule has 2 aromatic carbocycles. The molecule has 0 bridgehead atoms. The molecule has 118 valence electrons. The van der Waals surface area contributed by atoms with E-state index in [9.17, 15) is 9.59 Å². The Morgan fingerprint density at radius 1 is 1.17 bits per heavy atom. The summed E-state index contributed by atoms with van der Waals surface area (Å²) in [5, 5.41) is 5.15. The average molecular weight is 330 g/mol. The first-order valence-corrected chi connectivity index (χ1v) is 7.68. The van der Waals surface area contributed by atoms with E-state index in [1.54, 1.807) is 29.3 Å². The summed E-state index contributed by atoms with van der Waals surface area (Å²) < 4.78 is 0. The van der Waals surface area contributed by atoms with Crippen molar-refractivity contribution in [3.63, 3.8) is 0 Å². The van der Waals surface area contributed by atoms with Gasteiger partial charge in [-0.05, 0) is 36.4 Å². The smallest absolute Gasteiger partial charge is 0.243 e. The van der Waals surface area contributed by atoms with Crippen molar-refractivity contribution in [3.8, 4) is 0 Å². The zero-order valence-corrected chi connectivity index (χ0v) is 13.1. The predicted molar refractivity (Wildman–Crippen MR) is 90.1 cm³/mol. The van der Waals surface area contributed by atoms with Crippen LogP contribution in [-0.4, -0.2) is 18.4 Å². The molecular formula is C17H16ClN3O2. The third-order valence-electron chi connectivity index (χ3n) is 3.65. The number of anilines is 2. The summed E-state index contributed by atoms with van der Waals surface area (Å²) >= 11 is 5.81. The van der Waals surface area contributed by atoms with Crippen molar-refractivity contribution in [1.29, 1.82) is 0 Å². The first-order chi connectivity index (χ1) is 11.1. The zero-order chi connectivity index (χ0) is 16.2. The molecule has 1 aliphatic rings. The summed E-state index contributed by atoms with van der Waals surface area (Å²) in [7, 11) is 0. The number of nitrogens with one attached hydrogen (secondary N) is 2. The first kappa shape index (κ1) is 15.4. The number of hydrazine groups is 1. The Morgan fingerprint density at radius 3 is 2.57 bits per heavy atom. The van der Waals surface area contributed by atoms with E-state index in [1.807, 2.05) is 30.3 Å². The van der Waals surface area contributed by atoms with Crippen molar-refractivity contribution in [3.05, 3.63) is 59.6 Å². The van der Waals surface area contributed by atoms with Gasteiger partial charge in [-0.25, -0.2) is 0 Å². The minimum absolute atomic E-state index is 0.137. The van der Waals surface area contributed by atoms with Crippen LogP contribution in [0.3, 0.4) is 0 Å². The van der Waals surface area contributed by atoms with Crippen molar-refractivity contribution in [2.24, 2.45) is 5.92 Å². The van der Waals surface area contributed by atoms with Gasteiger partial charge in [-0.2, -0.15) is 0 Å². The van der Waals surface area contributed by atoms with Gasteiger partial charge >= 0.3 is 0 Å². The second-order valence-electron chi connectivity index (χ2n) is 5.38. The maximum atomic E-state index is 12.1. The molecule has 1 fully saturated rings. The van der Waals surface area contributed by atoms with Gasteiger partial charge in [-0.3, -0.25) is 20.0 Å². The Morgan fingerprint density at radius 2 is 1.87 bits per heavy atom. The van der Waals surface area contributed by atoms with Crippen LogP contribution in [0, 0.1) is 5.92 Å². The van der Waals surface area contributed by atoms with Crippen LogP contribution in [0.5, 0.6) is 0 Å². The average Bonchev–Trinajstić information content (AvgIpc) is 2.91. The van der Waals surface area contributed by atoms with Crippen LogP contribution in [0.1, 0.15) is 6.42 Å². The van der Waals surface area contributed by atoms with Gasteiger partial charge in [-0.15, -0.1) is 0 Å². The largest absolute Gasteiger partial charge is 0.326 e. The lowest BCUT2D eigenvalue weighted by Crippen LogP contribution is -2.32. The van der Waals surface area contributed by atoms with Crippen molar-refractivity contribution < 1.29 is 9.59 Å². The molecule has 3 rings (SSSR count). The Kier molecular flexibility index (Phi) is 4.48. The van der Waals surface area contributed by atoms with E-state index in [4.69, 9.17) is 11.6 Å². The normalized spacial score (nSPS) is 17.0. The van der Waals surface area contributed by atoms with Gasteiger partial charge in [0.05, 0.1) is 18.2 Å². The van der Waals surface area contributed by atoms with Crippen LogP contribution in [0.25, 0.3) is 0 Å². The fourth-order valence-corrected chi connectivity index (χ4v) is 2.60. The Hall–Kier alpha value is -2.53. The van der Waals surface area contributed by atoms with Gasteiger partial charge in [0.25, 0.3) is 0 Å². The lowest BCUT2D eigenvalue weighted by molar-refractivity contribution is -0.126. The number of amides is 2. The Balaban J connectivity index is 1.58. The third kappa shape index (κ3) is 3.81. The number of carbonyl (C=O) groups is 2. The molecule has 0 aliphatic carbocycles. The van der Waals surface area contributed by atoms with E-state index >= 15 is 0 Å². The number of benzene rings is 2. The van der Waals surface area contributed by atoms with Gasteiger partial charge in [0, 0.05) is 17.1 Å². The molecule has 2 amide bonds. The van der Waals surface area contributed by atoms with Crippen LogP contribution < -0.4 is 15.8 Å². The molecule has 1 unspecified atom stereocenters. The van der Waals surface area contributed by atoms with Gasteiger partial charge in [0.15, 0.2) is 0 Å². The van der Waals surface area contributed by atoms with E-state index in [0.717, 1.165) is 5.69 Å². The molecule has 1 aliphatic heterocycles. The van der Waals surface area contributed by atoms with Crippen LogP contribution in [0.15, 0.2) is 54.6 Å². The van der Waals surface area contributed by atoms with Crippen molar-refractivity contribution >= 4 is 34.8 Å². The van der Waals surface area contributed by atoms with E-state index in [0.29, 0.717) is 17.3 Å². The minimum Gasteiger partial charge on any atom is -0.326 e. The lowest BCUT2D eigenvalue weighted by Gasteiger charge is -2.17. The standard InChI is InChI=1S/C17H16ClN3O2/c18-13-6-8-14(9-7-13)19-16(22)10-12-11-21(20-17(12)23)15-4-2-1-3-5-15/h1-9,12H,10-11H2,(H,19,22)(H,20,23). The van der Waals surface area contributed by atoms with Crippen molar-refractivity contribution in [2.75, 3.05) is 16.9 Å². The first-order valence-electron chi connectivity index (χ1n) is 7.30. The topological polar surface area (TPSA) is 61.4 Å². The van der Waals surface area contributed by atoms with Gasteiger partial charge in [-0.1, -0.05) is 29.8 Å². The predicted octanol–water partition coefficient (Wildman–Crippen LogP) is 2.84. The number of para-hydroxylation sites is 1. The summed E-state index contributed by atoms with van der Waals surface area (Å²) in [6.45, 7) is 0.469. The molecule has 1 heterocycles. The molecular weight excluding hydrogens is 314 g/mol. The van der Waals surface area contributed by atoms with Crippen molar-refractivity contribution in [1.82, 2.24) is 5.43 Å². The molecule has 2 aromatic rings. The number of hydrogen-bond acceptors (Lipinski definition) is 3. The minimum atomic E-state index is -0.373. The monoisotopic (exact) mass is 329 g/mol. The lowest BCUT2D eigenvalue weighted by atomic mass is 10.1. The number of hydrogen-bond donors (Lipinski definition) is 2. The fraction of sp³-hybridized carbons (Fsp3) is 0.176. The van der Waals surface area contributed by atoms with Crippen LogP contribution in [0.4, 0.5) is 11.4 Å². The van der Waals surface area contributed by atoms with Crippen LogP contribution >= 0.6 is 11.6 Å². The quantitative estimate of drug-likeness (QED) is 0.906. The Labute approximate surface area is 139 Å². The molecule has 2 N–H and O–H groups in total. The summed E-state index contributed by atoms with van der Waals surface area (Å²) in [6.07, 6.45) is 0.137. The summed E-state index contributed by atoms with van der Waals surface area (Å²) in [6, 6.07) is 16.4. The highest BCUT2D eigenvalue weighted by Crippen LogP contribution is 2.21. The fourth-order valence-electron chi connectivity index (χ4n) is 2.48. The molecule has 0 spiro atoms. The molecule has 1 saturated heterocycles. The summed E-state index contributed by atoms with van der Waals surface area (Å²) in [5.74, 6) is -0.704. The number of rotatable bonds is 4. The third-order valence-corrected chi connectivity index (χ3v) is 3.90. The maximum absolute atomic E-state index is 12.1. The van der Waals surface area contributed by atoms with Crippen LogP contribution in [-0.2, 0) is 9.59 Å². The van der Waals surface area contributed by atoms with Crippen LogP contribution in [0.2, 0.25) is 5.02 Å². The molecule has 0 aromatic heterocycles. The van der Waals surface area contributed by atoms with Gasteiger partial charge in [0.2, 0.25) is 11.8 Å². The second-order valence-corrected chi connectivity index (χ2v) is 5.81. The molecule has 1 atom stereocenters. The highest BCUT2D eigenvalue weighted by molar-refractivity contribution is 6.30. The van der Waals surface area contributed by atoms with Gasteiger partial charge in [0.1, 0.15) is 0 Å². The van der Waals surface area contributed by atoms with E-state index < -0.39 is 0 Å². The maximum Gasteiger partial charge on any atom is 0.243 e. The van der Waals surface area contributed by atoms with Crippen molar-refractivity contribution in [2.45, 2.75) is 6.42 Å². The molecule has 6 heteroatoms. The molecule has 23 heavy (non-hydrogen) atoms. The zero-order valence-electron chi connectivity index (χ0n) is 12.3. The second kappa shape index (κ2) is 6.71. The summed E-state index contributed by atoms with van der Waals surface area (Å²) in [4.78, 5) is 24.1. The van der Waals surface area contributed by atoms with E-state index in [2.05, 4.69) is 10.7 Å². The Bertz CT molecular complexity index is 704. The van der Waals surface area contributed by atoms with E-state index in [-0.39, 0.29) is 24.2 Å². The molecule has 0 radical (unpaired) electrons.